The maximum Gasteiger partial charge on any atom is 0.316 e. The van der Waals surface area contributed by atoms with E-state index >= 15 is 0 Å². The van der Waals surface area contributed by atoms with Crippen LogP contribution < -0.4 is 21.3 Å². The molecule has 2 rings (SSSR count). The summed E-state index contributed by atoms with van der Waals surface area (Å²) in [6.07, 6.45) is 2.90. The van der Waals surface area contributed by atoms with Crippen LogP contribution in [0.5, 0.6) is 0 Å². The molecular weight excluding hydrogens is 236 g/mol. The highest BCUT2D eigenvalue weighted by Crippen LogP contribution is 2.14. The molecule has 1 aliphatic rings. The summed E-state index contributed by atoms with van der Waals surface area (Å²) in [7, 11) is 0. The molecule has 96 valence electrons. The van der Waals surface area contributed by atoms with E-state index < -0.39 is 6.03 Å². The number of hydrogen-bond donors (Lipinski definition) is 3. The van der Waals surface area contributed by atoms with Gasteiger partial charge in [-0.3, -0.25) is 4.79 Å². The van der Waals surface area contributed by atoms with Crippen molar-refractivity contribution in [1.29, 1.82) is 0 Å². The summed E-state index contributed by atoms with van der Waals surface area (Å²) in [6.45, 7) is 2.76. The zero-order valence-electron chi connectivity index (χ0n) is 9.88. The Labute approximate surface area is 104 Å². The van der Waals surface area contributed by atoms with Gasteiger partial charge in [0, 0.05) is 12.6 Å². The second kappa shape index (κ2) is 4.86. The van der Waals surface area contributed by atoms with Crippen LogP contribution in [-0.2, 0) is 4.79 Å². The van der Waals surface area contributed by atoms with Crippen molar-refractivity contribution in [3.8, 4) is 0 Å². The first-order valence-electron chi connectivity index (χ1n) is 5.48. The lowest BCUT2D eigenvalue weighted by Gasteiger charge is -2.32. The first-order chi connectivity index (χ1) is 8.56. The average Bonchev–Trinajstić information content (AvgIpc) is 2.33. The van der Waals surface area contributed by atoms with Crippen molar-refractivity contribution < 1.29 is 9.59 Å². The lowest BCUT2D eigenvalue weighted by atomic mass is 10.2. The van der Waals surface area contributed by atoms with Crippen molar-refractivity contribution in [2.45, 2.75) is 13.0 Å². The molecule has 1 fully saturated rings. The van der Waals surface area contributed by atoms with Crippen molar-refractivity contribution in [3.63, 3.8) is 0 Å². The van der Waals surface area contributed by atoms with Gasteiger partial charge in [0.05, 0.1) is 18.1 Å². The number of primary amides is 1. The molecule has 0 radical (unpaired) electrons. The fourth-order valence-electron chi connectivity index (χ4n) is 1.68. The van der Waals surface area contributed by atoms with Gasteiger partial charge in [-0.15, -0.1) is 0 Å². The van der Waals surface area contributed by atoms with Gasteiger partial charge in [0.25, 0.3) is 0 Å². The van der Waals surface area contributed by atoms with Gasteiger partial charge in [0.1, 0.15) is 6.54 Å². The van der Waals surface area contributed by atoms with Crippen LogP contribution in [0.2, 0.25) is 0 Å². The second-order valence-corrected chi connectivity index (χ2v) is 4.04. The number of urea groups is 1. The number of amides is 3. The number of anilines is 2. The molecule has 0 aliphatic carbocycles. The van der Waals surface area contributed by atoms with Gasteiger partial charge in [-0.05, 0) is 6.92 Å². The van der Waals surface area contributed by atoms with Crippen LogP contribution in [0, 0.1) is 0 Å². The number of aromatic nitrogens is 2. The number of nitrogens with two attached hydrogens (primary N) is 1. The SMILES string of the molecule is C[C@H]1CNC(=O)CN1c1ncc(NC(N)=O)cn1. The molecule has 8 heteroatoms. The largest absolute Gasteiger partial charge is 0.353 e. The van der Waals surface area contributed by atoms with Crippen molar-refractivity contribution in [2.75, 3.05) is 23.3 Å². The summed E-state index contributed by atoms with van der Waals surface area (Å²) in [4.78, 5) is 32.0. The second-order valence-electron chi connectivity index (χ2n) is 4.04. The van der Waals surface area contributed by atoms with Gasteiger partial charge < -0.3 is 21.3 Å². The van der Waals surface area contributed by atoms with E-state index in [1.807, 2.05) is 6.92 Å². The Morgan fingerprint density at radius 3 is 2.83 bits per heavy atom. The van der Waals surface area contributed by atoms with E-state index in [0.717, 1.165) is 0 Å². The van der Waals surface area contributed by atoms with Crippen molar-refractivity contribution in [3.05, 3.63) is 12.4 Å². The molecule has 0 aromatic carbocycles. The first-order valence-corrected chi connectivity index (χ1v) is 5.48. The van der Waals surface area contributed by atoms with Crippen LogP contribution in [0.1, 0.15) is 6.92 Å². The summed E-state index contributed by atoms with van der Waals surface area (Å²) in [5.41, 5.74) is 5.39. The molecule has 0 spiro atoms. The maximum atomic E-state index is 11.3. The molecule has 18 heavy (non-hydrogen) atoms. The standard InChI is InChI=1S/C10H14N6O2/c1-6-2-12-8(17)5-16(6)10-13-3-7(4-14-10)15-9(11)18/h3-4,6H,2,5H2,1H3,(H,12,17)(H3,11,15,18)/t6-/m0/s1. The fourth-order valence-corrected chi connectivity index (χ4v) is 1.68. The summed E-state index contributed by atoms with van der Waals surface area (Å²) >= 11 is 0. The molecule has 8 nitrogen and oxygen atoms in total. The predicted molar refractivity (Wildman–Crippen MR) is 65.1 cm³/mol. The lowest BCUT2D eigenvalue weighted by Crippen LogP contribution is -2.53. The van der Waals surface area contributed by atoms with Crippen LogP contribution in [0.25, 0.3) is 0 Å². The number of piperazine rings is 1. The molecule has 3 amide bonds. The molecule has 1 atom stereocenters. The smallest absolute Gasteiger partial charge is 0.316 e. The number of rotatable bonds is 2. The van der Waals surface area contributed by atoms with E-state index in [4.69, 9.17) is 5.73 Å². The molecule has 1 aliphatic heterocycles. The van der Waals surface area contributed by atoms with Gasteiger partial charge in [-0.2, -0.15) is 0 Å². The summed E-state index contributed by atoms with van der Waals surface area (Å²) in [5.74, 6) is 0.392. The Morgan fingerprint density at radius 1 is 1.56 bits per heavy atom. The Bertz CT molecular complexity index is 460. The fraction of sp³-hybridized carbons (Fsp3) is 0.400. The minimum absolute atomic E-state index is 0.0592. The number of carbonyl (C=O) groups excluding carboxylic acids is 2. The predicted octanol–water partition coefficient (Wildman–Crippen LogP) is -0.708. The van der Waals surface area contributed by atoms with Crippen molar-refractivity contribution in [1.82, 2.24) is 15.3 Å². The number of carbonyl (C=O) groups is 2. The monoisotopic (exact) mass is 250 g/mol. The summed E-state index contributed by atoms with van der Waals surface area (Å²) < 4.78 is 0. The minimum Gasteiger partial charge on any atom is -0.353 e. The topological polar surface area (TPSA) is 113 Å². The Hall–Kier alpha value is -2.38. The lowest BCUT2D eigenvalue weighted by molar-refractivity contribution is -0.120. The highest BCUT2D eigenvalue weighted by atomic mass is 16.2. The zero-order chi connectivity index (χ0) is 13.1. The number of nitrogens with zero attached hydrogens (tertiary/aromatic N) is 3. The Morgan fingerprint density at radius 2 is 2.22 bits per heavy atom. The van der Waals surface area contributed by atoms with Gasteiger partial charge in [0.2, 0.25) is 11.9 Å². The highest BCUT2D eigenvalue weighted by molar-refractivity contribution is 5.87. The third kappa shape index (κ3) is 2.65. The Kier molecular flexibility index (Phi) is 3.26. The summed E-state index contributed by atoms with van der Waals surface area (Å²) in [6, 6.07) is -0.547. The molecule has 0 unspecified atom stereocenters. The highest BCUT2D eigenvalue weighted by Gasteiger charge is 2.24. The maximum absolute atomic E-state index is 11.3. The molecule has 1 saturated heterocycles. The van der Waals surface area contributed by atoms with Gasteiger partial charge in [-0.25, -0.2) is 14.8 Å². The molecule has 1 aromatic heterocycles. The van der Waals surface area contributed by atoms with E-state index in [1.54, 1.807) is 4.90 Å². The van der Waals surface area contributed by atoms with Crippen LogP contribution in [0.15, 0.2) is 12.4 Å². The van der Waals surface area contributed by atoms with Crippen LogP contribution in [0.4, 0.5) is 16.4 Å². The van der Waals surface area contributed by atoms with Crippen molar-refractivity contribution in [2.24, 2.45) is 5.73 Å². The third-order valence-corrected chi connectivity index (χ3v) is 2.60. The van der Waals surface area contributed by atoms with Crippen molar-refractivity contribution >= 4 is 23.6 Å². The number of nitrogens with one attached hydrogen (secondary N) is 2. The summed E-state index contributed by atoms with van der Waals surface area (Å²) in [5, 5.41) is 5.13. The van der Waals surface area contributed by atoms with Gasteiger partial charge in [-0.1, -0.05) is 0 Å². The molecule has 4 N–H and O–H groups in total. The first kappa shape index (κ1) is 12.1. The quantitative estimate of drug-likeness (QED) is 0.641. The van der Waals surface area contributed by atoms with E-state index in [9.17, 15) is 9.59 Å². The minimum atomic E-state index is -0.669. The van der Waals surface area contributed by atoms with Gasteiger partial charge >= 0.3 is 6.03 Å². The number of hydrogen-bond acceptors (Lipinski definition) is 5. The van der Waals surface area contributed by atoms with Gasteiger partial charge in [0.15, 0.2) is 0 Å². The van der Waals surface area contributed by atoms with Crippen LogP contribution in [0.3, 0.4) is 0 Å². The molecular formula is C10H14N6O2. The van der Waals surface area contributed by atoms with E-state index in [0.29, 0.717) is 18.2 Å². The average molecular weight is 250 g/mol. The normalized spacial score (nSPS) is 19.3. The zero-order valence-corrected chi connectivity index (χ0v) is 9.88. The van der Waals surface area contributed by atoms with E-state index in [1.165, 1.54) is 12.4 Å². The van der Waals surface area contributed by atoms with Crippen LogP contribution >= 0.6 is 0 Å². The molecule has 0 bridgehead atoms. The molecule has 1 aromatic rings. The molecule has 0 saturated carbocycles. The third-order valence-electron chi connectivity index (χ3n) is 2.60. The molecule has 2 heterocycles. The Balaban J connectivity index is 2.13. The van der Waals surface area contributed by atoms with E-state index in [2.05, 4.69) is 20.6 Å². The van der Waals surface area contributed by atoms with Crippen LogP contribution in [-0.4, -0.2) is 41.0 Å². The van der Waals surface area contributed by atoms with E-state index in [-0.39, 0.29) is 18.5 Å².